The summed E-state index contributed by atoms with van der Waals surface area (Å²) in [4.78, 5) is 25.2. The van der Waals surface area contributed by atoms with E-state index in [0.717, 1.165) is 5.56 Å². The number of rotatable bonds is 5. The molecule has 7 heteroatoms. The van der Waals surface area contributed by atoms with E-state index in [4.69, 9.17) is 14.7 Å². The van der Waals surface area contributed by atoms with Crippen molar-refractivity contribution in [2.45, 2.75) is 20.4 Å². The second-order valence-electron chi connectivity index (χ2n) is 6.61. The van der Waals surface area contributed by atoms with Gasteiger partial charge >= 0.3 is 0 Å². The Hall–Kier alpha value is -3.53. The van der Waals surface area contributed by atoms with Gasteiger partial charge in [-0.25, -0.2) is 0 Å². The summed E-state index contributed by atoms with van der Waals surface area (Å²) < 4.78 is 10.6. The number of fused-ring (bicyclic) bond motifs is 1. The van der Waals surface area contributed by atoms with E-state index < -0.39 is 17.2 Å². The molecule has 0 aliphatic carbocycles. The third kappa shape index (κ3) is 3.85. The van der Waals surface area contributed by atoms with Crippen LogP contribution in [0, 0.1) is 16.7 Å². The lowest BCUT2D eigenvalue weighted by molar-refractivity contribution is -0.138. The lowest BCUT2D eigenvalue weighted by atomic mass is 9.90. The van der Waals surface area contributed by atoms with Gasteiger partial charge in [0.1, 0.15) is 11.5 Å². The molecule has 3 rings (SSSR count). The monoisotopic (exact) mass is 365 g/mol. The van der Waals surface area contributed by atoms with Gasteiger partial charge in [-0.15, -0.1) is 0 Å². The fourth-order valence-corrected chi connectivity index (χ4v) is 2.53. The second-order valence-corrected chi connectivity index (χ2v) is 6.61. The van der Waals surface area contributed by atoms with Crippen LogP contribution in [0.15, 0.2) is 42.5 Å². The number of nitrogens with one attached hydrogen (secondary N) is 2. The van der Waals surface area contributed by atoms with Crippen LogP contribution in [0.1, 0.15) is 25.0 Å². The summed E-state index contributed by atoms with van der Waals surface area (Å²) in [6.07, 6.45) is 0. The minimum atomic E-state index is -1.32. The predicted molar refractivity (Wildman–Crippen MR) is 98.0 cm³/mol. The quantitative estimate of drug-likeness (QED) is 0.793. The first kappa shape index (κ1) is 18.3. The van der Waals surface area contributed by atoms with Gasteiger partial charge in [0.2, 0.25) is 18.6 Å². The lowest BCUT2D eigenvalue weighted by Gasteiger charge is -2.23. The number of hydrogen-bond donors (Lipinski definition) is 2. The van der Waals surface area contributed by atoms with Crippen LogP contribution in [0.25, 0.3) is 0 Å². The first-order chi connectivity index (χ1) is 12.9. The largest absolute Gasteiger partial charge is 0.454 e. The molecule has 2 aromatic rings. The predicted octanol–water partition coefficient (Wildman–Crippen LogP) is 2.57. The molecule has 2 aromatic carbocycles. The zero-order chi connectivity index (χ0) is 19.4. The maximum absolute atomic E-state index is 12.6. The molecule has 0 atom stereocenters. The third-order valence-electron chi connectivity index (χ3n) is 4.32. The zero-order valence-corrected chi connectivity index (χ0v) is 15.0. The fraction of sp³-hybridized carbons (Fsp3) is 0.250. The molecule has 0 saturated heterocycles. The van der Waals surface area contributed by atoms with Crippen LogP contribution < -0.4 is 20.1 Å². The number of hydrogen-bond acceptors (Lipinski definition) is 5. The summed E-state index contributed by atoms with van der Waals surface area (Å²) in [6.45, 7) is 3.50. The van der Waals surface area contributed by atoms with Gasteiger partial charge in [-0.3, -0.25) is 9.59 Å². The molecule has 7 nitrogen and oxygen atoms in total. The molecule has 27 heavy (non-hydrogen) atoms. The number of nitrogens with zero attached hydrogens (tertiary/aromatic N) is 1. The van der Waals surface area contributed by atoms with Crippen molar-refractivity contribution in [2.24, 2.45) is 5.41 Å². The summed E-state index contributed by atoms with van der Waals surface area (Å²) in [6, 6.07) is 14.0. The Balaban J connectivity index is 1.64. The third-order valence-corrected chi connectivity index (χ3v) is 4.32. The molecular weight excluding hydrogens is 346 g/mol. The van der Waals surface area contributed by atoms with Crippen LogP contribution in [-0.2, 0) is 16.1 Å². The van der Waals surface area contributed by atoms with Crippen LogP contribution in [0.3, 0.4) is 0 Å². The van der Waals surface area contributed by atoms with Gasteiger partial charge in [-0.2, -0.15) is 5.26 Å². The highest BCUT2D eigenvalue weighted by Gasteiger charge is 2.36. The maximum Gasteiger partial charge on any atom is 0.239 e. The molecular formula is C20H19N3O4. The van der Waals surface area contributed by atoms with Crippen molar-refractivity contribution in [1.29, 1.82) is 5.26 Å². The molecule has 1 aliphatic rings. The number of amides is 2. The highest BCUT2D eigenvalue weighted by atomic mass is 16.7. The average molecular weight is 365 g/mol. The van der Waals surface area contributed by atoms with Crippen molar-refractivity contribution in [3.63, 3.8) is 0 Å². The first-order valence-electron chi connectivity index (χ1n) is 8.39. The van der Waals surface area contributed by atoms with Crippen LogP contribution in [0.5, 0.6) is 11.5 Å². The molecule has 0 spiro atoms. The second kappa shape index (κ2) is 7.38. The number of benzene rings is 2. The van der Waals surface area contributed by atoms with E-state index in [1.165, 1.54) is 13.8 Å². The average Bonchev–Trinajstić information content (AvgIpc) is 3.14. The molecule has 0 radical (unpaired) electrons. The Morgan fingerprint density at radius 1 is 1.11 bits per heavy atom. The normalized spacial score (nSPS) is 12.2. The maximum atomic E-state index is 12.6. The molecule has 0 bridgehead atoms. The van der Waals surface area contributed by atoms with E-state index in [1.54, 1.807) is 36.4 Å². The lowest BCUT2D eigenvalue weighted by Crippen LogP contribution is -2.45. The highest BCUT2D eigenvalue weighted by Crippen LogP contribution is 2.32. The number of carbonyl (C=O) groups excluding carboxylic acids is 2. The van der Waals surface area contributed by atoms with E-state index in [2.05, 4.69) is 10.6 Å². The van der Waals surface area contributed by atoms with Crippen LogP contribution in [0.4, 0.5) is 5.69 Å². The molecule has 2 N–H and O–H groups in total. The minimum absolute atomic E-state index is 0.183. The van der Waals surface area contributed by atoms with Crippen LogP contribution in [-0.4, -0.2) is 18.6 Å². The molecule has 0 unspecified atom stereocenters. The van der Waals surface area contributed by atoms with Gasteiger partial charge in [0.25, 0.3) is 0 Å². The van der Waals surface area contributed by atoms with Crippen LogP contribution >= 0.6 is 0 Å². The molecule has 0 aromatic heterocycles. The van der Waals surface area contributed by atoms with Crippen molar-refractivity contribution in [1.82, 2.24) is 5.32 Å². The van der Waals surface area contributed by atoms with Crippen molar-refractivity contribution >= 4 is 17.5 Å². The SMILES string of the molecule is CC(C)(C(=O)NCc1ccc2c(c1)OCO2)C(=O)Nc1ccccc1C#N. The number of carbonyl (C=O) groups is 2. The first-order valence-corrected chi connectivity index (χ1v) is 8.39. The molecule has 2 amide bonds. The van der Waals surface area contributed by atoms with Gasteiger partial charge in [0.15, 0.2) is 11.5 Å². The number of nitriles is 1. The highest BCUT2D eigenvalue weighted by molar-refractivity contribution is 6.10. The summed E-state index contributed by atoms with van der Waals surface area (Å²) in [5.41, 5.74) is 0.224. The molecule has 138 valence electrons. The summed E-state index contributed by atoms with van der Waals surface area (Å²) in [7, 11) is 0. The van der Waals surface area contributed by atoms with Gasteiger partial charge in [0.05, 0.1) is 11.3 Å². The van der Waals surface area contributed by atoms with E-state index in [9.17, 15) is 9.59 Å². The van der Waals surface area contributed by atoms with E-state index in [0.29, 0.717) is 22.7 Å². The molecule has 1 heterocycles. The van der Waals surface area contributed by atoms with Crippen molar-refractivity contribution < 1.29 is 19.1 Å². The van der Waals surface area contributed by atoms with Crippen molar-refractivity contribution in [2.75, 3.05) is 12.1 Å². The number of anilines is 1. The summed E-state index contributed by atoms with van der Waals surface area (Å²) in [5, 5.41) is 14.5. The summed E-state index contributed by atoms with van der Waals surface area (Å²) in [5.74, 6) is 0.383. The minimum Gasteiger partial charge on any atom is -0.454 e. The van der Waals surface area contributed by atoms with Crippen molar-refractivity contribution in [3.05, 3.63) is 53.6 Å². The Labute approximate surface area is 156 Å². The van der Waals surface area contributed by atoms with Crippen molar-refractivity contribution in [3.8, 4) is 17.6 Å². The molecule has 1 aliphatic heterocycles. The van der Waals surface area contributed by atoms with Gasteiger partial charge in [-0.1, -0.05) is 18.2 Å². The smallest absolute Gasteiger partial charge is 0.239 e. The Kier molecular flexibility index (Phi) is 4.99. The molecule has 0 fully saturated rings. The topological polar surface area (TPSA) is 100 Å². The standard InChI is InChI=1S/C20H19N3O4/c1-20(2,19(25)23-15-6-4-3-5-14(15)10-21)18(24)22-11-13-7-8-16-17(9-13)27-12-26-16/h3-9H,11-12H2,1-2H3,(H,22,24)(H,23,25). The number of ether oxygens (including phenoxy) is 2. The van der Waals surface area contributed by atoms with Gasteiger partial charge < -0.3 is 20.1 Å². The Morgan fingerprint density at radius 3 is 2.63 bits per heavy atom. The zero-order valence-electron chi connectivity index (χ0n) is 15.0. The molecule has 0 saturated carbocycles. The van der Waals surface area contributed by atoms with E-state index in [-0.39, 0.29) is 13.3 Å². The van der Waals surface area contributed by atoms with Gasteiger partial charge in [-0.05, 0) is 43.7 Å². The van der Waals surface area contributed by atoms with Gasteiger partial charge in [0, 0.05) is 6.54 Å². The number of para-hydroxylation sites is 1. The Morgan fingerprint density at radius 2 is 1.85 bits per heavy atom. The van der Waals surface area contributed by atoms with Crippen LogP contribution in [0.2, 0.25) is 0 Å². The van der Waals surface area contributed by atoms with E-state index >= 15 is 0 Å². The van der Waals surface area contributed by atoms with E-state index in [1.807, 2.05) is 12.1 Å². The summed E-state index contributed by atoms with van der Waals surface area (Å²) >= 11 is 0. The Bertz CT molecular complexity index is 931. The fourth-order valence-electron chi connectivity index (χ4n) is 2.53.